The van der Waals surface area contributed by atoms with Crippen LogP contribution in [-0.2, 0) is 61.9 Å². The summed E-state index contributed by atoms with van der Waals surface area (Å²) in [6.07, 6.45) is -6.37. The quantitative estimate of drug-likeness (QED) is 0.317. The molecule has 5 atom stereocenters. The van der Waals surface area contributed by atoms with Crippen molar-refractivity contribution < 1.29 is 61.9 Å². The Bertz CT molecular complexity index is 815. The lowest BCUT2D eigenvalue weighted by atomic mass is 9.95. The van der Waals surface area contributed by atoms with E-state index in [0.29, 0.717) is 0 Å². The fourth-order valence-electron chi connectivity index (χ4n) is 2.93. The molecule has 0 amide bonds. The molecule has 13 heteroatoms. The van der Waals surface area contributed by atoms with Crippen LogP contribution in [0, 0.1) is 0 Å². The Morgan fingerprint density at radius 3 is 1.88 bits per heavy atom. The summed E-state index contributed by atoms with van der Waals surface area (Å²) < 4.78 is 36.0. The van der Waals surface area contributed by atoms with Gasteiger partial charge in [0.15, 0.2) is 30.5 Å². The van der Waals surface area contributed by atoms with Crippen molar-refractivity contribution in [3.05, 3.63) is 11.8 Å². The van der Waals surface area contributed by atoms with E-state index >= 15 is 0 Å². The van der Waals surface area contributed by atoms with Crippen molar-refractivity contribution in [1.82, 2.24) is 0 Å². The first-order valence-electron chi connectivity index (χ1n) is 9.64. The van der Waals surface area contributed by atoms with Crippen LogP contribution >= 0.6 is 0 Å². The molecule has 0 bridgehead atoms. The highest BCUT2D eigenvalue weighted by atomic mass is 16.6. The van der Waals surface area contributed by atoms with Crippen LogP contribution in [0.2, 0.25) is 0 Å². The molecule has 1 rings (SSSR count). The van der Waals surface area contributed by atoms with Gasteiger partial charge in [0.2, 0.25) is 5.76 Å². The van der Waals surface area contributed by atoms with Crippen LogP contribution in [0.4, 0.5) is 0 Å². The molecule has 33 heavy (non-hydrogen) atoms. The van der Waals surface area contributed by atoms with Gasteiger partial charge in [-0.3, -0.25) is 24.0 Å². The first-order chi connectivity index (χ1) is 15.3. The van der Waals surface area contributed by atoms with Gasteiger partial charge >= 0.3 is 35.8 Å². The van der Waals surface area contributed by atoms with Gasteiger partial charge in [-0.25, -0.2) is 4.79 Å². The van der Waals surface area contributed by atoms with Crippen molar-refractivity contribution in [2.45, 2.75) is 65.1 Å². The standard InChI is InChI=1S/C20H26O13/c1-9(21)28-8-16(30-11(3)23)18(32-13(5)25)19-17(31-12(4)24)14(29-10(2)22)7-15(33-19)20(26)27-6/h7,14,16-19H,8H2,1-6H3. The van der Waals surface area contributed by atoms with Crippen LogP contribution in [0.15, 0.2) is 11.8 Å². The fourth-order valence-corrected chi connectivity index (χ4v) is 2.93. The number of esters is 6. The molecule has 184 valence electrons. The van der Waals surface area contributed by atoms with Gasteiger partial charge in [0.05, 0.1) is 7.11 Å². The Kier molecular flexibility index (Phi) is 10.3. The van der Waals surface area contributed by atoms with E-state index in [2.05, 4.69) is 4.74 Å². The van der Waals surface area contributed by atoms with Gasteiger partial charge < -0.3 is 33.2 Å². The first-order valence-corrected chi connectivity index (χ1v) is 9.64. The minimum absolute atomic E-state index is 0.455. The molecule has 0 aromatic carbocycles. The van der Waals surface area contributed by atoms with E-state index in [1.165, 1.54) is 0 Å². The highest BCUT2D eigenvalue weighted by Gasteiger charge is 2.50. The van der Waals surface area contributed by atoms with Gasteiger partial charge in [0.1, 0.15) is 6.61 Å². The van der Waals surface area contributed by atoms with E-state index in [4.69, 9.17) is 28.4 Å². The summed E-state index contributed by atoms with van der Waals surface area (Å²) in [5.74, 6) is -5.49. The molecule has 0 aromatic rings. The van der Waals surface area contributed by atoms with Crippen molar-refractivity contribution >= 4 is 35.8 Å². The van der Waals surface area contributed by atoms with E-state index in [0.717, 1.165) is 47.8 Å². The summed E-state index contributed by atoms with van der Waals surface area (Å²) in [6, 6.07) is 0. The first kappa shape index (κ1) is 27.4. The summed E-state index contributed by atoms with van der Waals surface area (Å²) in [4.78, 5) is 70.4. The zero-order valence-electron chi connectivity index (χ0n) is 19.0. The molecule has 1 aliphatic rings. The largest absolute Gasteiger partial charge is 0.475 e. The normalized spacial score (nSPS) is 21.2. The average Bonchev–Trinajstić information content (AvgIpc) is 2.68. The molecule has 1 aliphatic heterocycles. The topological polar surface area (TPSA) is 167 Å². The van der Waals surface area contributed by atoms with Crippen molar-refractivity contribution in [3.63, 3.8) is 0 Å². The molecule has 0 spiro atoms. The van der Waals surface area contributed by atoms with Gasteiger partial charge in [-0.05, 0) is 0 Å². The second kappa shape index (κ2) is 12.4. The lowest BCUT2D eigenvalue weighted by molar-refractivity contribution is -0.209. The molecule has 0 fully saturated rings. The molecule has 0 N–H and O–H groups in total. The Labute approximate surface area is 189 Å². The van der Waals surface area contributed by atoms with E-state index in [9.17, 15) is 28.8 Å². The molecule has 0 radical (unpaired) electrons. The maximum atomic E-state index is 12.2. The SMILES string of the molecule is COC(=O)C1=CC(OC(C)=O)C(OC(C)=O)C(C(OC(C)=O)C(COC(C)=O)OC(C)=O)O1. The minimum atomic E-state index is -1.58. The highest BCUT2D eigenvalue weighted by Crippen LogP contribution is 2.30. The Hall–Kier alpha value is -3.64. The van der Waals surface area contributed by atoms with Crippen molar-refractivity contribution in [1.29, 1.82) is 0 Å². The summed E-state index contributed by atoms with van der Waals surface area (Å²) >= 11 is 0. The average molecular weight is 474 g/mol. The molecule has 0 saturated carbocycles. The third-order valence-electron chi connectivity index (χ3n) is 3.98. The van der Waals surface area contributed by atoms with E-state index < -0.39 is 78.7 Å². The third kappa shape index (κ3) is 8.79. The van der Waals surface area contributed by atoms with Gasteiger partial charge in [-0.1, -0.05) is 0 Å². The second-order valence-electron chi connectivity index (χ2n) is 6.78. The summed E-state index contributed by atoms with van der Waals surface area (Å²) in [7, 11) is 1.06. The lowest BCUT2D eigenvalue weighted by Gasteiger charge is -2.40. The summed E-state index contributed by atoms with van der Waals surface area (Å²) in [6.45, 7) is 4.75. The molecule has 1 heterocycles. The Morgan fingerprint density at radius 1 is 0.848 bits per heavy atom. The van der Waals surface area contributed by atoms with E-state index in [1.807, 2.05) is 0 Å². The smallest absolute Gasteiger partial charge is 0.373 e. The summed E-state index contributed by atoms with van der Waals surface area (Å²) in [5, 5.41) is 0. The third-order valence-corrected chi connectivity index (χ3v) is 3.98. The monoisotopic (exact) mass is 474 g/mol. The molecular weight excluding hydrogens is 448 g/mol. The number of hydrogen-bond acceptors (Lipinski definition) is 13. The van der Waals surface area contributed by atoms with Crippen molar-refractivity contribution in [2.24, 2.45) is 0 Å². The van der Waals surface area contributed by atoms with Gasteiger partial charge in [0.25, 0.3) is 0 Å². The fraction of sp³-hybridized carbons (Fsp3) is 0.600. The highest BCUT2D eigenvalue weighted by molar-refractivity contribution is 5.86. The van der Waals surface area contributed by atoms with Crippen molar-refractivity contribution in [2.75, 3.05) is 13.7 Å². The second-order valence-corrected chi connectivity index (χ2v) is 6.78. The molecule has 0 saturated heterocycles. The zero-order chi connectivity index (χ0) is 25.3. The molecule has 13 nitrogen and oxygen atoms in total. The Balaban J connectivity index is 3.58. The van der Waals surface area contributed by atoms with Crippen LogP contribution < -0.4 is 0 Å². The van der Waals surface area contributed by atoms with Crippen molar-refractivity contribution in [3.8, 4) is 0 Å². The van der Waals surface area contributed by atoms with E-state index in [-0.39, 0.29) is 0 Å². The van der Waals surface area contributed by atoms with Crippen LogP contribution in [0.1, 0.15) is 34.6 Å². The van der Waals surface area contributed by atoms with Gasteiger partial charge in [-0.15, -0.1) is 0 Å². The van der Waals surface area contributed by atoms with Crippen LogP contribution in [0.25, 0.3) is 0 Å². The number of hydrogen-bond donors (Lipinski definition) is 0. The Morgan fingerprint density at radius 2 is 1.42 bits per heavy atom. The predicted molar refractivity (Wildman–Crippen MR) is 104 cm³/mol. The molecule has 0 aliphatic carbocycles. The molecular formula is C20H26O13. The zero-order valence-corrected chi connectivity index (χ0v) is 19.0. The van der Waals surface area contributed by atoms with Crippen LogP contribution in [-0.4, -0.2) is 80.1 Å². The number of ether oxygens (including phenoxy) is 7. The van der Waals surface area contributed by atoms with Gasteiger partial charge in [-0.2, -0.15) is 0 Å². The lowest BCUT2D eigenvalue weighted by Crippen LogP contribution is -2.57. The predicted octanol–water partition coefficient (Wildman–Crippen LogP) is -0.268. The summed E-state index contributed by atoms with van der Waals surface area (Å²) in [5.41, 5.74) is 0. The van der Waals surface area contributed by atoms with Crippen LogP contribution in [0.5, 0.6) is 0 Å². The molecule has 0 aromatic heterocycles. The maximum absolute atomic E-state index is 12.2. The number of rotatable bonds is 9. The van der Waals surface area contributed by atoms with Crippen LogP contribution in [0.3, 0.4) is 0 Å². The van der Waals surface area contributed by atoms with E-state index in [1.54, 1.807) is 0 Å². The minimum Gasteiger partial charge on any atom is -0.475 e. The number of carbonyl (C=O) groups excluding carboxylic acids is 6. The number of carbonyl (C=O) groups is 6. The number of methoxy groups -OCH3 is 1. The maximum Gasteiger partial charge on any atom is 0.373 e. The van der Waals surface area contributed by atoms with Gasteiger partial charge in [0, 0.05) is 40.7 Å². The molecule has 5 unspecified atom stereocenters.